The van der Waals surface area contributed by atoms with Gasteiger partial charge in [0, 0.05) is 50.0 Å². The van der Waals surface area contributed by atoms with Crippen LogP contribution in [0.15, 0.2) is 23.8 Å². The number of aryl methyl sites for hydroxylation is 1. The van der Waals surface area contributed by atoms with Gasteiger partial charge >= 0.3 is 6.03 Å². The maximum atomic E-state index is 13.7. The lowest BCUT2D eigenvalue weighted by atomic mass is 10.2. The number of hydrogen-bond donors (Lipinski definition) is 2. The van der Waals surface area contributed by atoms with Crippen molar-refractivity contribution in [3.63, 3.8) is 0 Å². The molecule has 2 amide bonds. The monoisotopic (exact) mass is 338 g/mol. The first-order valence-electron chi connectivity index (χ1n) is 7.41. The Labute approximate surface area is 137 Å². The topological polar surface area (TPSA) is 75.1 Å². The summed E-state index contributed by atoms with van der Waals surface area (Å²) >= 11 is 1.56. The Morgan fingerprint density at radius 3 is 3.13 bits per heavy atom. The molecule has 0 spiro atoms. The van der Waals surface area contributed by atoms with Crippen LogP contribution in [0.5, 0.6) is 0 Å². The molecule has 7 nitrogen and oxygen atoms in total. The predicted molar refractivity (Wildman–Crippen MR) is 86.1 cm³/mol. The summed E-state index contributed by atoms with van der Waals surface area (Å²) in [5, 5.41) is 12.4. The van der Waals surface area contributed by atoms with Gasteiger partial charge in [-0.05, 0) is 6.42 Å². The van der Waals surface area contributed by atoms with E-state index in [4.69, 9.17) is 0 Å². The van der Waals surface area contributed by atoms with E-state index in [2.05, 4.69) is 20.7 Å². The molecular formula is C14H19FN6OS. The third kappa shape index (κ3) is 4.26. The highest BCUT2D eigenvalue weighted by molar-refractivity contribution is 7.09. The molecule has 2 aromatic rings. The normalized spacial score (nSPS) is 21.5. The Bertz CT molecular complexity index is 645. The Morgan fingerprint density at radius 2 is 2.43 bits per heavy atom. The number of thiazole rings is 1. The van der Waals surface area contributed by atoms with Crippen molar-refractivity contribution in [1.82, 2.24) is 25.0 Å². The van der Waals surface area contributed by atoms with E-state index in [9.17, 15) is 9.18 Å². The average molecular weight is 338 g/mol. The van der Waals surface area contributed by atoms with Gasteiger partial charge < -0.3 is 5.32 Å². The summed E-state index contributed by atoms with van der Waals surface area (Å²) in [6, 6.07) is 1.35. The van der Waals surface area contributed by atoms with Gasteiger partial charge in [-0.2, -0.15) is 5.10 Å². The van der Waals surface area contributed by atoms with Crippen LogP contribution in [-0.2, 0) is 13.6 Å². The van der Waals surface area contributed by atoms with Crippen molar-refractivity contribution in [2.24, 2.45) is 7.05 Å². The van der Waals surface area contributed by atoms with Crippen LogP contribution in [0.1, 0.15) is 11.4 Å². The fourth-order valence-electron chi connectivity index (χ4n) is 2.69. The molecule has 23 heavy (non-hydrogen) atoms. The van der Waals surface area contributed by atoms with Crippen LogP contribution in [-0.4, -0.2) is 51.0 Å². The maximum absolute atomic E-state index is 13.7. The number of alkyl halides is 1. The molecule has 0 aliphatic carbocycles. The summed E-state index contributed by atoms with van der Waals surface area (Å²) in [4.78, 5) is 18.2. The number of urea groups is 1. The molecule has 0 radical (unpaired) electrons. The SMILES string of the molecule is Cn1ccc(NC(=O)NC[C@@H]2C[C@H](F)CN2Cc2nccs2)n1. The standard InChI is InChI=1S/C14H19FN6OS/c1-20-4-2-12(19-20)18-14(22)17-7-11-6-10(15)8-21(11)9-13-16-3-5-23-13/h2-5,10-11H,6-9H2,1H3,(H2,17,18,19,22)/t10-,11-/m0/s1. The number of carbonyl (C=O) groups is 1. The van der Waals surface area contributed by atoms with Gasteiger partial charge in [-0.25, -0.2) is 14.2 Å². The van der Waals surface area contributed by atoms with E-state index in [0.717, 1.165) is 5.01 Å². The quantitative estimate of drug-likeness (QED) is 0.868. The van der Waals surface area contributed by atoms with Crippen molar-refractivity contribution in [3.05, 3.63) is 28.8 Å². The molecule has 1 aliphatic rings. The highest BCUT2D eigenvalue weighted by Gasteiger charge is 2.32. The molecule has 0 bridgehead atoms. The number of nitrogens with zero attached hydrogens (tertiary/aromatic N) is 4. The number of halogens is 1. The third-order valence-electron chi connectivity index (χ3n) is 3.75. The van der Waals surface area contributed by atoms with Crippen LogP contribution in [0.3, 0.4) is 0 Å². The summed E-state index contributed by atoms with van der Waals surface area (Å²) in [5.41, 5.74) is 0. The summed E-state index contributed by atoms with van der Waals surface area (Å²) in [5.74, 6) is 0.486. The van der Waals surface area contributed by atoms with Crippen LogP contribution in [0, 0.1) is 0 Å². The zero-order chi connectivity index (χ0) is 16.2. The van der Waals surface area contributed by atoms with Gasteiger partial charge in [0.15, 0.2) is 5.82 Å². The second-order valence-corrected chi connectivity index (χ2v) is 6.53. The Kier molecular flexibility index (Phi) is 4.87. The summed E-state index contributed by atoms with van der Waals surface area (Å²) in [6.45, 7) is 1.39. The van der Waals surface area contributed by atoms with E-state index in [1.54, 1.807) is 41.5 Å². The Balaban J connectivity index is 1.50. The minimum atomic E-state index is -0.861. The van der Waals surface area contributed by atoms with E-state index in [-0.39, 0.29) is 12.1 Å². The number of aromatic nitrogens is 3. The van der Waals surface area contributed by atoms with Crippen molar-refractivity contribution in [2.45, 2.75) is 25.2 Å². The van der Waals surface area contributed by atoms with Gasteiger partial charge in [-0.1, -0.05) is 0 Å². The molecule has 1 fully saturated rings. The van der Waals surface area contributed by atoms with E-state index in [0.29, 0.717) is 31.9 Å². The molecule has 3 heterocycles. The molecule has 0 saturated carbocycles. The average Bonchev–Trinajstić information content (AvgIpc) is 3.21. The second kappa shape index (κ2) is 7.05. The van der Waals surface area contributed by atoms with Gasteiger partial charge in [-0.3, -0.25) is 14.9 Å². The van der Waals surface area contributed by atoms with Gasteiger partial charge in [0.2, 0.25) is 0 Å². The number of nitrogens with one attached hydrogen (secondary N) is 2. The molecule has 124 valence electrons. The molecule has 2 N–H and O–H groups in total. The fourth-order valence-corrected chi connectivity index (χ4v) is 3.33. The van der Waals surface area contributed by atoms with Gasteiger partial charge in [0.25, 0.3) is 0 Å². The molecular weight excluding hydrogens is 319 g/mol. The van der Waals surface area contributed by atoms with E-state index in [1.165, 1.54) is 0 Å². The largest absolute Gasteiger partial charge is 0.336 e. The third-order valence-corrected chi connectivity index (χ3v) is 4.52. The molecule has 9 heteroatoms. The van der Waals surface area contributed by atoms with Crippen LogP contribution in [0.25, 0.3) is 0 Å². The van der Waals surface area contributed by atoms with E-state index >= 15 is 0 Å². The fraction of sp³-hybridized carbons (Fsp3) is 0.500. The van der Waals surface area contributed by atoms with E-state index < -0.39 is 6.17 Å². The highest BCUT2D eigenvalue weighted by atomic mass is 32.1. The predicted octanol–water partition coefficient (Wildman–Crippen LogP) is 1.61. The molecule has 3 rings (SSSR count). The van der Waals surface area contributed by atoms with Crippen molar-refractivity contribution < 1.29 is 9.18 Å². The minimum absolute atomic E-state index is 0.0246. The molecule has 1 saturated heterocycles. The van der Waals surface area contributed by atoms with E-state index in [1.807, 2.05) is 10.3 Å². The van der Waals surface area contributed by atoms with Gasteiger partial charge in [-0.15, -0.1) is 11.3 Å². The van der Waals surface area contributed by atoms with Crippen LogP contribution in [0.4, 0.5) is 15.0 Å². The molecule has 0 aromatic carbocycles. The summed E-state index contributed by atoms with van der Waals surface area (Å²) < 4.78 is 15.3. The lowest BCUT2D eigenvalue weighted by Crippen LogP contribution is -2.41. The zero-order valence-electron chi connectivity index (χ0n) is 12.8. The molecule has 2 aromatic heterocycles. The first-order valence-corrected chi connectivity index (χ1v) is 8.29. The first kappa shape index (κ1) is 15.9. The van der Waals surface area contributed by atoms with Crippen LogP contribution in [0.2, 0.25) is 0 Å². The number of rotatable bonds is 5. The lowest BCUT2D eigenvalue weighted by molar-refractivity contribution is 0.224. The minimum Gasteiger partial charge on any atom is -0.336 e. The van der Waals surface area contributed by atoms with Crippen molar-refractivity contribution in [3.8, 4) is 0 Å². The number of amides is 2. The van der Waals surface area contributed by atoms with Crippen molar-refractivity contribution in [2.75, 3.05) is 18.4 Å². The molecule has 0 unspecified atom stereocenters. The lowest BCUT2D eigenvalue weighted by Gasteiger charge is -2.23. The first-order chi connectivity index (χ1) is 11.1. The summed E-state index contributed by atoms with van der Waals surface area (Å²) in [7, 11) is 1.78. The smallest absolute Gasteiger partial charge is 0.320 e. The van der Waals surface area contributed by atoms with Crippen molar-refractivity contribution >= 4 is 23.2 Å². The van der Waals surface area contributed by atoms with Gasteiger partial charge in [0.1, 0.15) is 11.2 Å². The van der Waals surface area contributed by atoms with Gasteiger partial charge in [0.05, 0.1) is 6.54 Å². The Hall–Kier alpha value is -2.00. The zero-order valence-corrected chi connectivity index (χ0v) is 13.6. The second-order valence-electron chi connectivity index (χ2n) is 5.55. The van der Waals surface area contributed by atoms with Crippen LogP contribution < -0.4 is 10.6 Å². The summed E-state index contributed by atoms with van der Waals surface area (Å²) in [6.07, 6.45) is 3.06. The Morgan fingerprint density at radius 1 is 1.57 bits per heavy atom. The van der Waals surface area contributed by atoms with Crippen molar-refractivity contribution in [1.29, 1.82) is 0 Å². The maximum Gasteiger partial charge on any atom is 0.320 e. The number of likely N-dealkylation sites (tertiary alicyclic amines) is 1. The van der Waals surface area contributed by atoms with Crippen LogP contribution >= 0.6 is 11.3 Å². The number of anilines is 1. The highest BCUT2D eigenvalue weighted by Crippen LogP contribution is 2.23. The molecule has 1 aliphatic heterocycles. The molecule has 2 atom stereocenters. The number of carbonyl (C=O) groups excluding carboxylic acids is 1. The number of hydrogen-bond acceptors (Lipinski definition) is 5.